The fourth-order valence-electron chi connectivity index (χ4n) is 12.2. The molecular weight excluding hydrogens is 452 g/mol. The summed E-state index contributed by atoms with van der Waals surface area (Å²) in [5, 5.41) is 44.2. The lowest BCUT2D eigenvalue weighted by molar-refractivity contribution is -0.314. The molecule has 5 aliphatic carbocycles. The van der Waals surface area contributed by atoms with Crippen molar-refractivity contribution in [2.75, 3.05) is 6.61 Å². The second-order valence-electron chi connectivity index (χ2n) is 15.6. The smallest absolute Gasteiger partial charge is 0.339 e. The highest BCUT2D eigenvalue weighted by atomic mass is 16.4. The number of hydrogen-bond donors (Lipinski definition) is 4. The molecule has 0 bridgehead atoms. The molecule has 5 fully saturated rings. The SMILES string of the molecule is C[C@@H]1[C@H]2[C@H]3CC[C@@H]4[C@]5(C)[C@@H](CC[C@@]4(C)[C@]3(C)CC[C@@]2(C)CC[C@H]1C)C(C)(CO)C[C@@H](O)C5(O)C(=O)O. The average molecular weight is 505 g/mol. The lowest BCUT2D eigenvalue weighted by Gasteiger charge is -2.75. The quantitative estimate of drug-likeness (QED) is 0.398. The first-order valence-electron chi connectivity index (χ1n) is 14.8. The molecule has 0 spiro atoms. The third-order valence-corrected chi connectivity index (χ3v) is 14.6. The number of hydrogen-bond acceptors (Lipinski definition) is 4. The highest BCUT2D eigenvalue weighted by molar-refractivity contribution is 5.80. The molecule has 0 heterocycles. The van der Waals surface area contributed by atoms with Gasteiger partial charge >= 0.3 is 5.97 Å². The molecule has 2 unspecified atom stereocenters. The van der Waals surface area contributed by atoms with Gasteiger partial charge in [0.1, 0.15) is 0 Å². The predicted molar refractivity (Wildman–Crippen MR) is 140 cm³/mol. The molecule has 36 heavy (non-hydrogen) atoms. The molecule has 0 aromatic carbocycles. The largest absolute Gasteiger partial charge is 0.479 e. The molecule has 5 rings (SSSR count). The zero-order valence-corrected chi connectivity index (χ0v) is 23.8. The van der Waals surface area contributed by atoms with Crippen molar-refractivity contribution < 1.29 is 25.2 Å². The van der Waals surface area contributed by atoms with Crippen molar-refractivity contribution in [1.29, 1.82) is 0 Å². The molecule has 0 amide bonds. The number of aliphatic carboxylic acids is 1. The average Bonchev–Trinajstić information content (AvgIpc) is 2.81. The number of rotatable bonds is 2. The van der Waals surface area contributed by atoms with E-state index in [-0.39, 0.29) is 35.7 Å². The van der Waals surface area contributed by atoms with Crippen molar-refractivity contribution in [2.24, 2.45) is 62.6 Å². The third kappa shape index (κ3) is 2.92. The van der Waals surface area contributed by atoms with E-state index in [1.807, 2.05) is 13.8 Å². The molecule has 0 radical (unpaired) electrons. The van der Waals surface area contributed by atoms with Crippen LogP contribution in [0.3, 0.4) is 0 Å². The molecule has 5 heteroatoms. The summed E-state index contributed by atoms with van der Waals surface area (Å²) in [5.41, 5.74) is -3.50. The lowest BCUT2D eigenvalue weighted by Crippen LogP contribution is -2.77. The minimum absolute atomic E-state index is 0.0207. The van der Waals surface area contributed by atoms with Crippen LogP contribution in [0.4, 0.5) is 0 Å². The summed E-state index contributed by atoms with van der Waals surface area (Å²) < 4.78 is 0. The van der Waals surface area contributed by atoms with Gasteiger partial charge in [0.25, 0.3) is 0 Å². The summed E-state index contributed by atoms with van der Waals surface area (Å²) in [5.74, 6) is 1.23. The van der Waals surface area contributed by atoms with E-state index >= 15 is 0 Å². The van der Waals surface area contributed by atoms with Crippen molar-refractivity contribution in [2.45, 2.75) is 118 Å². The van der Waals surface area contributed by atoms with Gasteiger partial charge < -0.3 is 20.4 Å². The van der Waals surface area contributed by atoms with Gasteiger partial charge in [0, 0.05) is 12.0 Å². The molecule has 0 aromatic rings. The molecule has 5 saturated carbocycles. The van der Waals surface area contributed by atoms with Crippen LogP contribution in [0, 0.1) is 62.6 Å². The highest BCUT2D eigenvalue weighted by Crippen LogP contribution is 2.78. The van der Waals surface area contributed by atoms with E-state index < -0.39 is 28.5 Å². The molecule has 0 saturated heterocycles. The summed E-state index contributed by atoms with van der Waals surface area (Å²) >= 11 is 0. The topological polar surface area (TPSA) is 98.0 Å². The normalized spacial score (nSPS) is 60.8. The highest BCUT2D eigenvalue weighted by Gasteiger charge is 2.77. The molecule has 5 aliphatic rings. The zero-order valence-electron chi connectivity index (χ0n) is 23.8. The fraction of sp³-hybridized carbons (Fsp3) is 0.968. The van der Waals surface area contributed by atoms with Gasteiger partial charge in [-0.2, -0.15) is 0 Å². The summed E-state index contributed by atoms with van der Waals surface area (Å²) in [6, 6.07) is 0. The van der Waals surface area contributed by atoms with E-state index in [1.165, 1.54) is 19.3 Å². The summed E-state index contributed by atoms with van der Waals surface area (Å²) in [6.07, 6.45) is 7.49. The Morgan fingerprint density at radius 1 is 0.861 bits per heavy atom. The number of aliphatic hydroxyl groups excluding tert-OH is 2. The number of aliphatic hydroxyl groups is 3. The van der Waals surface area contributed by atoms with Crippen molar-refractivity contribution in [3.63, 3.8) is 0 Å². The lowest BCUT2D eigenvalue weighted by atomic mass is 9.29. The van der Waals surface area contributed by atoms with E-state index in [1.54, 1.807) is 0 Å². The van der Waals surface area contributed by atoms with Gasteiger partial charge in [0.05, 0.1) is 6.10 Å². The maximum Gasteiger partial charge on any atom is 0.339 e. The van der Waals surface area contributed by atoms with Gasteiger partial charge in [0.2, 0.25) is 0 Å². The van der Waals surface area contributed by atoms with Crippen LogP contribution in [0.5, 0.6) is 0 Å². The molecule has 0 aliphatic heterocycles. The number of carbonyl (C=O) groups is 1. The fourth-order valence-corrected chi connectivity index (χ4v) is 12.2. The van der Waals surface area contributed by atoms with Gasteiger partial charge in [-0.05, 0) is 115 Å². The van der Waals surface area contributed by atoms with E-state index in [0.717, 1.165) is 38.0 Å². The molecule has 4 N–H and O–H groups in total. The van der Waals surface area contributed by atoms with E-state index in [9.17, 15) is 25.2 Å². The number of carboxylic acids is 1. The van der Waals surface area contributed by atoms with Gasteiger partial charge in [-0.3, -0.25) is 0 Å². The van der Waals surface area contributed by atoms with Crippen LogP contribution in [-0.2, 0) is 4.79 Å². The van der Waals surface area contributed by atoms with E-state index in [4.69, 9.17) is 0 Å². The molecule has 0 aromatic heterocycles. The standard InChI is InChI=1S/C31H52O5/c1-18-10-12-26(3)14-15-28(5)20(24(26)19(18)2)8-9-22-29(28,6)13-11-21-27(4,17-32)16-23(33)31(36,25(34)35)30(21,22)7/h18-24,32-33,36H,8-17H2,1-7H3,(H,34,35)/t18-,19+,20-,21+,22+,23-,24+,26-,27?,28-,29-,30+,31?/m1/s1. The Morgan fingerprint density at radius 2 is 1.53 bits per heavy atom. The maximum atomic E-state index is 12.8. The molecule has 206 valence electrons. The second-order valence-corrected chi connectivity index (χ2v) is 15.6. The van der Waals surface area contributed by atoms with Gasteiger partial charge in [-0.1, -0.05) is 48.5 Å². The Balaban J connectivity index is 1.64. The van der Waals surface area contributed by atoms with Crippen molar-refractivity contribution in [1.82, 2.24) is 0 Å². The monoisotopic (exact) mass is 504 g/mol. The Labute approximate surface area is 218 Å². The summed E-state index contributed by atoms with van der Waals surface area (Å²) in [4.78, 5) is 12.8. The van der Waals surface area contributed by atoms with E-state index in [0.29, 0.717) is 23.2 Å². The maximum absolute atomic E-state index is 12.8. The Kier molecular flexibility index (Phi) is 5.94. The van der Waals surface area contributed by atoms with Crippen LogP contribution in [0.25, 0.3) is 0 Å². The van der Waals surface area contributed by atoms with Gasteiger partial charge in [-0.15, -0.1) is 0 Å². The second kappa shape index (κ2) is 7.94. The van der Waals surface area contributed by atoms with Crippen molar-refractivity contribution in [3.05, 3.63) is 0 Å². The van der Waals surface area contributed by atoms with Gasteiger partial charge in [0.15, 0.2) is 5.60 Å². The number of carboxylic acid groups (broad SMARTS) is 1. The van der Waals surface area contributed by atoms with Crippen LogP contribution in [0.15, 0.2) is 0 Å². The molecule has 13 atom stereocenters. The van der Waals surface area contributed by atoms with Crippen LogP contribution < -0.4 is 0 Å². The van der Waals surface area contributed by atoms with Gasteiger partial charge in [-0.25, -0.2) is 4.79 Å². The third-order valence-electron chi connectivity index (χ3n) is 14.6. The zero-order chi connectivity index (χ0) is 26.7. The Bertz CT molecular complexity index is 921. The molecular formula is C31H52O5. The molecule has 5 nitrogen and oxygen atoms in total. The first kappa shape index (κ1) is 26.9. The minimum atomic E-state index is -2.21. The van der Waals surface area contributed by atoms with Crippen LogP contribution in [0.1, 0.15) is 106 Å². The number of fused-ring (bicyclic) bond motifs is 7. The Morgan fingerprint density at radius 3 is 2.14 bits per heavy atom. The van der Waals surface area contributed by atoms with E-state index in [2.05, 4.69) is 34.6 Å². The van der Waals surface area contributed by atoms with Crippen molar-refractivity contribution in [3.8, 4) is 0 Å². The Hall–Kier alpha value is -0.650. The van der Waals surface area contributed by atoms with Crippen LogP contribution >= 0.6 is 0 Å². The predicted octanol–water partition coefficient (Wildman–Crippen LogP) is 5.50. The minimum Gasteiger partial charge on any atom is -0.479 e. The summed E-state index contributed by atoms with van der Waals surface area (Å²) in [6.45, 7) is 16.2. The summed E-state index contributed by atoms with van der Waals surface area (Å²) in [7, 11) is 0. The van der Waals surface area contributed by atoms with Crippen molar-refractivity contribution >= 4 is 5.97 Å². The van der Waals surface area contributed by atoms with Crippen LogP contribution in [-0.4, -0.2) is 44.7 Å². The first-order chi connectivity index (χ1) is 16.6. The van der Waals surface area contributed by atoms with Crippen LogP contribution in [0.2, 0.25) is 0 Å². The first-order valence-corrected chi connectivity index (χ1v) is 14.8.